The van der Waals surface area contributed by atoms with E-state index in [1.807, 2.05) is 29.5 Å². The van der Waals surface area contributed by atoms with Crippen LogP contribution in [0.25, 0.3) is 0 Å². The molecule has 1 atom stereocenters. The Kier molecular flexibility index (Phi) is 4.32. The van der Waals surface area contributed by atoms with Gasteiger partial charge in [-0.3, -0.25) is 9.48 Å². The van der Waals surface area contributed by atoms with Crippen molar-refractivity contribution >= 4 is 34.2 Å². The summed E-state index contributed by atoms with van der Waals surface area (Å²) in [5, 5.41) is 13.4. The lowest BCUT2D eigenvalue weighted by Crippen LogP contribution is -2.43. The normalized spacial score (nSPS) is 18.0. The number of rotatable bonds is 2. The fourth-order valence-corrected chi connectivity index (χ4v) is 3.41. The minimum atomic E-state index is -4.55. The zero-order valence-electron chi connectivity index (χ0n) is 12.5. The summed E-state index contributed by atoms with van der Waals surface area (Å²) in [6, 6.07) is 3.26. The molecule has 9 heteroatoms. The molecule has 128 valence electrons. The van der Waals surface area contributed by atoms with Gasteiger partial charge in [0.05, 0.1) is 28.0 Å². The maximum Gasteiger partial charge on any atom is 0.416 e. The molecule has 0 bridgehead atoms. The van der Waals surface area contributed by atoms with Crippen molar-refractivity contribution in [1.82, 2.24) is 9.78 Å². The summed E-state index contributed by atoms with van der Waals surface area (Å²) < 4.78 is 41.2. The lowest BCUT2D eigenvalue weighted by molar-refractivity contribution is -0.138. The summed E-state index contributed by atoms with van der Waals surface area (Å²) in [6.07, 6.45) is -2.97. The Hall–Kier alpha value is -1.62. The summed E-state index contributed by atoms with van der Waals surface area (Å²) in [4.78, 5) is 14.1. The van der Waals surface area contributed by atoms with Gasteiger partial charge >= 0.3 is 6.18 Å². The molecule has 1 aromatic carbocycles. The maximum absolute atomic E-state index is 13.0. The number of carbonyl (C=O) groups excluding carboxylic acids is 1. The van der Waals surface area contributed by atoms with E-state index < -0.39 is 18.3 Å². The highest BCUT2D eigenvalue weighted by molar-refractivity contribution is 14.1. The second kappa shape index (κ2) is 6.03. The number of hydrogen-bond acceptors (Lipinski definition) is 3. The second-order valence-electron chi connectivity index (χ2n) is 5.55. The largest absolute Gasteiger partial charge is 0.416 e. The number of aliphatic hydroxyl groups excluding tert-OH is 1. The van der Waals surface area contributed by atoms with Crippen LogP contribution in [0.1, 0.15) is 34.6 Å². The zero-order chi connectivity index (χ0) is 17.6. The first-order valence-corrected chi connectivity index (χ1v) is 8.17. The third-order valence-corrected chi connectivity index (χ3v) is 4.73. The van der Waals surface area contributed by atoms with E-state index in [0.717, 1.165) is 6.07 Å². The first-order valence-electron chi connectivity index (χ1n) is 7.10. The number of carbonyl (C=O) groups is 1. The number of hydrogen-bond donors (Lipinski definition) is 1. The number of benzene rings is 1. The summed E-state index contributed by atoms with van der Waals surface area (Å²) in [5.41, 5.74) is -0.410. The van der Waals surface area contributed by atoms with Crippen LogP contribution in [0, 0.1) is 3.57 Å². The van der Waals surface area contributed by atoms with E-state index >= 15 is 0 Å². The van der Waals surface area contributed by atoms with Crippen LogP contribution in [-0.2, 0) is 12.8 Å². The van der Waals surface area contributed by atoms with Gasteiger partial charge in [0.25, 0.3) is 5.91 Å². The van der Waals surface area contributed by atoms with E-state index in [-0.39, 0.29) is 17.5 Å². The lowest BCUT2D eigenvalue weighted by Gasteiger charge is -2.32. The van der Waals surface area contributed by atoms with E-state index in [4.69, 9.17) is 0 Å². The van der Waals surface area contributed by atoms with Crippen molar-refractivity contribution < 1.29 is 23.1 Å². The predicted molar refractivity (Wildman–Crippen MR) is 88.7 cm³/mol. The number of halogens is 4. The minimum Gasteiger partial charge on any atom is -0.392 e. The van der Waals surface area contributed by atoms with Gasteiger partial charge in [-0.25, -0.2) is 0 Å². The van der Waals surface area contributed by atoms with Crippen molar-refractivity contribution in [2.45, 2.75) is 25.7 Å². The predicted octanol–water partition coefficient (Wildman–Crippen LogP) is 3.22. The minimum absolute atomic E-state index is 0.110. The Morgan fingerprint density at radius 3 is 2.75 bits per heavy atom. The number of aliphatic hydroxyl groups is 1. The number of aromatic nitrogens is 2. The topological polar surface area (TPSA) is 58.4 Å². The Labute approximate surface area is 149 Å². The van der Waals surface area contributed by atoms with Gasteiger partial charge < -0.3 is 10.0 Å². The molecular formula is C15H13F3IN3O2. The molecule has 0 aliphatic carbocycles. The third kappa shape index (κ3) is 2.79. The summed E-state index contributed by atoms with van der Waals surface area (Å²) in [5.74, 6) is -0.321. The number of amides is 1. The molecule has 5 nitrogen and oxygen atoms in total. The van der Waals surface area contributed by atoms with Crippen molar-refractivity contribution in [3.63, 3.8) is 0 Å². The summed E-state index contributed by atoms with van der Waals surface area (Å²) >= 11 is 2.00. The Bertz CT molecular complexity index is 804. The monoisotopic (exact) mass is 451 g/mol. The number of nitrogens with zero attached hydrogens (tertiary/aromatic N) is 3. The molecule has 0 unspecified atom stereocenters. The Morgan fingerprint density at radius 1 is 1.42 bits per heavy atom. The molecule has 3 rings (SSSR count). The SMILES string of the molecule is C[C@H]1CN(c2ccc(C(F)(F)F)c(CO)c2)C(=O)c2c(I)cnn21. The average molecular weight is 451 g/mol. The molecule has 2 heterocycles. The molecule has 24 heavy (non-hydrogen) atoms. The van der Waals surface area contributed by atoms with E-state index in [1.54, 1.807) is 10.9 Å². The number of alkyl halides is 3. The first-order chi connectivity index (χ1) is 11.2. The molecule has 0 saturated carbocycles. The molecule has 1 aliphatic heterocycles. The van der Waals surface area contributed by atoms with Crippen LogP contribution in [0.15, 0.2) is 24.4 Å². The fraction of sp³-hybridized carbons (Fsp3) is 0.333. The maximum atomic E-state index is 13.0. The third-order valence-electron chi connectivity index (χ3n) is 3.94. The lowest BCUT2D eigenvalue weighted by atomic mass is 10.0. The molecule has 0 saturated heterocycles. The molecule has 1 N–H and O–H groups in total. The number of anilines is 1. The molecule has 1 aliphatic rings. The van der Waals surface area contributed by atoms with Crippen molar-refractivity contribution in [2.75, 3.05) is 11.4 Å². The fourth-order valence-electron chi connectivity index (χ4n) is 2.81. The summed E-state index contributed by atoms with van der Waals surface area (Å²) in [7, 11) is 0. The first kappa shape index (κ1) is 17.2. The molecule has 1 aromatic heterocycles. The van der Waals surface area contributed by atoms with Crippen molar-refractivity contribution in [3.8, 4) is 0 Å². The Balaban J connectivity index is 2.04. The van der Waals surface area contributed by atoms with Crippen LogP contribution in [-0.4, -0.2) is 27.3 Å². The van der Waals surface area contributed by atoms with Gasteiger partial charge in [-0.15, -0.1) is 0 Å². The van der Waals surface area contributed by atoms with Gasteiger partial charge in [-0.2, -0.15) is 18.3 Å². The average Bonchev–Trinajstić information content (AvgIpc) is 2.92. The molecule has 1 amide bonds. The van der Waals surface area contributed by atoms with Crippen molar-refractivity contribution in [1.29, 1.82) is 0 Å². The van der Waals surface area contributed by atoms with E-state index in [1.165, 1.54) is 17.0 Å². The molecule has 0 fully saturated rings. The van der Waals surface area contributed by atoms with Gasteiger partial charge in [-0.05, 0) is 53.3 Å². The zero-order valence-corrected chi connectivity index (χ0v) is 14.7. The molecular weight excluding hydrogens is 438 g/mol. The van der Waals surface area contributed by atoms with Crippen LogP contribution in [0.3, 0.4) is 0 Å². The quantitative estimate of drug-likeness (QED) is 0.714. The Morgan fingerprint density at radius 2 is 2.12 bits per heavy atom. The van der Waals surface area contributed by atoms with E-state index in [2.05, 4.69) is 5.10 Å². The highest BCUT2D eigenvalue weighted by Gasteiger charge is 2.36. The highest BCUT2D eigenvalue weighted by atomic mass is 127. The van der Waals surface area contributed by atoms with Crippen molar-refractivity contribution in [2.24, 2.45) is 0 Å². The van der Waals surface area contributed by atoms with Crippen LogP contribution >= 0.6 is 22.6 Å². The van der Waals surface area contributed by atoms with Gasteiger partial charge in [0.2, 0.25) is 0 Å². The van der Waals surface area contributed by atoms with E-state index in [9.17, 15) is 23.1 Å². The van der Waals surface area contributed by atoms with Crippen molar-refractivity contribution in [3.05, 3.63) is 44.8 Å². The molecule has 2 aromatic rings. The molecule has 0 spiro atoms. The van der Waals surface area contributed by atoms with Gasteiger partial charge in [0, 0.05) is 12.2 Å². The van der Waals surface area contributed by atoms with Gasteiger partial charge in [-0.1, -0.05) is 0 Å². The highest BCUT2D eigenvalue weighted by Crippen LogP contribution is 2.35. The smallest absolute Gasteiger partial charge is 0.392 e. The van der Waals surface area contributed by atoms with Crippen LogP contribution in [0.2, 0.25) is 0 Å². The van der Waals surface area contributed by atoms with Gasteiger partial charge in [0.1, 0.15) is 5.69 Å². The van der Waals surface area contributed by atoms with Gasteiger partial charge in [0.15, 0.2) is 0 Å². The van der Waals surface area contributed by atoms with Crippen LogP contribution < -0.4 is 4.90 Å². The van der Waals surface area contributed by atoms with Crippen LogP contribution in [0.5, 0.6) is 0 Å². The summed E-state index contributed by atoms with van der Waals surface area (Å²) in [6.45, 7) is 1.42. The number of fused-ring (bicyclic) bond motifs is 1. The van der Waals surface area contributed by atoms with E-state index in [0.29, 0.717) is 21.5 Å². The van der Waals surface area contributed by atoms with Crippen LogP contribution in [0.4, 0.5) is 18.9 Å². The molecule has 0 radical (unpaired) electrons. The standard InChI is InChI=1S/C15H13F3IN3O2/c1-8-6-21(14(24)13-12(19)5-20-22(8)13)10-2-3-11(15(16,17)18)9(4-10)7-23/h2-5,8,23H,6-7H2,1H3/t8-/m0/s1. The second-order valence-corrected chi connectivity index (χ2v) is 6.71.